The number of fused-ring (bicyclic) bond motifs is 2. The van der Waals surface area contributed by atoms with Crippen LogP contribution >= 0.6 is 34.8 Å². The molecule has 3 fully saturated rings. The minimum absolute atomic E-state index is 0.0110. The molecule has 2 saturated heterocycles. The Morgan fingerprint density at radius 3 is 2.22 bits per heavy atom. The van der Waals surface area contributed by atoms with Gasteiger partial charge in [0.05, 0.1) is 49.3 Å². The van der Waals surface area contributed by atoms with Gasteiger partial charge in [0, 0.05) is 31.6 Å². The van der Waals surface area contributed by atoms with Crippen LogP contribution in [0.4, 0.5) is 22.8 Å². The molecule has 20 heteroatoms. The van der Waals surface area contributed by atoms with Gasteiger partial charge in [0.1, 0.15) is 6.61 Å². The van der Waals surface area contributed by atoms with E-state index in [1.165, 1.54) is 23.6 Å². The standard InChI is InChI=1S/C45H54Cl3F3N4O10/c1-28-8-5-6-10-31(28)25-53(32-15-16-32)40(56)44(4)34(30-13-11-29(12-14-30)9-7-19-62-39-36(50)18-17-35(49)38(39)51)24-33-26-52(41(57)63-22-20-61-21-23-64-55(59)60)27-37(44)54(33)42(58)65-43(2,3)45(46,47)48/h5-6,8,10-14,17-18,32-34,37,59-60H,7,9,15-16,19-27H2,1-4H3. The number of aryl methyl sites for hydroxylation is 2. The quantitative estimate of drug-likeness (QED) is 0.0545. The van der Waals surface area contributed by atoms with Crippen LogP contribution in [0.15, 0.2) is 60.7 Å². The van der Waals surface area contributed by atoms with E-state index in [1.54, 1.807) is 0 Å². The van der Waals surface area contributed by atoms with E-state index in [-0.39, 0.29) is 64.5 Å². The third kappa shape index (κ3) is 11.9. The van der Waals surface area contributed by atoms with Gasteiger partial charge in [0.15, 0.2) is 23.0 Å². The number of alkyl halides is 3. The molecule has 3 amide bonds. The first kappa shape index (κ1) is 50.3. The molecule has 0 spiro atoms. The van der Waals surface area contributed by atoms with E-state index < -0.39 is 73.6 Å². The Balaban J connectivity index is 1.31. The van der Waals surface area contributed by atoms with E-state index >= 15 is 4.79 Å². The first-order valence-electron chi connectivity index (χ1n) is 21.3. The number of carbonyl (C=O) groups excluding carboxylic acids is 3. The van der Waals surface area contributed by atoms with Gasteiger partial charge < -0.3 is 28.7 Å². The van der Waals surface area contributed by atoms with Gasteiger partial charge in [0.25, 0.3) is 0 Å². The molecule has 4 unspecified atom stereocenters. The summed E-state index contributed by atoms with van der Waals surface area (Å²) in [6, 6.07) is 15.2. The van der Waals surface area contributed by atoms with E-state index in [2.05, 4.69) is 4.84 Å². The zero-order valence-corrected chi connectivity index (χ0v) is 38.8. The zero-order valence-electron chi connectivity index (χ0n) is 36.5. The number of ether oxygens (including phenoxy) is 4. The largest absolute Gasteiger partial charge is 0.488 e. The van der Waals surface area contributed by atoms with Gasteiger partial charge in [-0.15, -0.1) is 0 Å². The molecule has 0 aromatic heterocycles. The molecule has 356 valence electrons. The maximum Gasteiger partial charge on any atom is 0.411 e. The highest BCUT2D eigenvalue weighted by Crippen LogP contribution is 2.54. The first-order valence-corrected chi connectivity index (χ1v) is 22.4. The van der Waals surface area contributed by atoms with Crippen molar-refractivity contribution in [3.8, 4) is 5.75 Å². The van der Waals surface area contributed by atoms with Gasteiger partial charge in [-0.25, -0.2) is 23.2 Å². The van der Waals surface area contributed by atoms with Crippen molar-refractivity contribution in [2.45, 2.75) is 99.8 Å². The molecule has 2 bridgehead atoms. The second kappa shape index (κ2) is 21.3. The summed E-state index contributed by atoms with van der Waals surface area (Å²) in [7, 11) is 0. The molecule has 3 aliphatic rings. The van der Waals surface area contributed by atoms with Crippen molar-refractivity contribution in [2.24, 2.45) is 5.41 Å². The fourth-order valence-corrected chi connectivity index (χ4v) is 8.63. The highest BCUT2D eigenvalue weighted by molar-refractivity contribution is 6.68. The summed E-state index contributed by atoms with van der Waals surface area (Å²) in [5.74, 6) is -5.09. The number of likely N-dealkylation sites (tertiary alicyclic amines) is 1. The summed E-state index contributed by atoms with van der Waals surface area (Å²) in [6.07, 6.45) is 1.07. The van der Waals surface area contributed by atoms with E-state index in [9.17, 15) is 22.8 Å². The van der Waals surface area contributed by atoms with Gasteiger partial charge in [-0.1, -0.05) is 83.3 Å². The highest BCUT2D eigenvalue weighted by Gasteiger charge is 2.62. The van der Waals surface area contributed by atoms with E-state index in [4.69, 9.17) is 64.2 Å². The van der Waals surface area contributed by atoms with Crippen LogP contribution in [0, 0.1) is 29.8 Å². The van der Waals surface area contributed by atoms with Crippen LogP contribution in [0.5, 0.6) is 5.75 Å². The number of rotatable bonds is 18. The lowest BCUT2D eigenvalue weighted by Crippen LogP contribution is -2.73. The van der Waals surface area contributed by atoms with Crippen molar-refractivity contribution < 1.29 is 61.8 Å². The number of nitrogens with zero attached hydrogens (tertiary/aromatic N) is 4. The normalized spacial score (nSPS) is 21.0. The molecule has 1 aliphatic carbocycles. The predicted molar refractivity (Wildman–Crippen MR) is 232 cm³/mol. The second-order valence-electron chi connectivity index (χ2n) is 17.2. The molecule has 3 aromatic rings. The zero-order chi connectivity index (χ0) is 47.3. The molecule has 2 heterocycles. The number of amides is 3. The van der Waals surface area contributed by atoms with Gasteiger partial charge in [-0.2, -0.15) is 4.39 Å². The van der Waals surface area contributed by atoms with Gasteiger partial charge in [-0.3, -0.25) is 20.1 Å². The predicted octanol–water partition coefficient (Wildman–Crippen LogP) is 8.91. The summed E-state index contributed by atoms with van der Waals surface area (Å²) in [4.78, 5) is 53.4. The average Bonchev–Trinajstić information content (AvgIpc) is 4.10. The second-order valence-corrected chi connectivity index (χ2v) is 19.5. The fourth-order valence-electron chi connectivity index (χ4n) is 8.51. The Hall–Kier alpha value is -4.07. The molecule has 3 aromatic carbocycles. The molecule has 2 aliphatic heterocycles. The Bertz CT molecular complexity index is 2150. The fraction of sp³-hybridized carbons (Fsp3) is 0.533. The number of hydrogen-bond acceptors (Lipinski definition) is 11. The van der Waals surface area contributed by atoms with Crippen LogP contribution < -0.4 is 4.74 Å². The van der Waals surface area contributed by atoms with Crippen molar-refractivity contribution >= 4 is 52.9 Å². The molecule has 0 radical (unpaired) electrons. The van der Waals surface area contributed by atoms with Crippen molar-refractivity contribution in [1.29, 1.82) is 0 Å². The molecule has 1 saturated carbocycles. The van der Waals surface area contributed by atoms with Crippen LogP contribution in [0.1, 0.15) is 74.6 Å². The lowest BCUT2D eigenvalue weighted by atomic mass is 9.60. The molecule has 2 N–H and O–H groups in total. The monoisotopic (exact) mass is 972 g/mol. The smallest absolute Gasteiger partial charge is 0.411 e. The molecule has 4 atom stereocenters. The number of piperazine rings is 1. The van der Waals surface area contributed by atoms with Crippen molar-refractivity contribution in [2.75, 3.05) is 46.1 Å². The molecule has 65 heavy (non-hydrogen) atoms. The minimum Gasteiger partial charge on any atom is -0.488 e. The molecular weight excluding hydrogens is 920 g/mol. The number of benzene rings is 3. The van der Waals surface area contributed by atoms with E-state index in [0.717, 1.165) is 41.2 Å². The topological polar surface area (TPSA) is 151 Å². The summed E-state index contributed by atoms with van der Waals surface area (Å²) >= 11 is 18.9. The molecular formula is C45H54Cl3F3N4O10. The SMILES string of the molecule is Cc1ccccc1CN(C(=O)C1(C)C(c2ccc(CCCOc3c(F)ccc(F)c3F)cc2)CC2CN(C(=O)OCCOCCON(O)O)CC1N2C(=O)OC(C)(C)C(Cl)(Cl)Cl)C1CC1. The summed E-state index contributed by atoms with van der Waals surface area (Å²) in [5.41, 5.74) is 0.648. The number of piperidine rings is 1. The van der Waals surface area contributed by atoms with Crippen LogP contribution in [0.25, 0.3) is 0 Å². The average molecular weight is 974 g/mol. The first-order chi connectivity index (χ1) is 30.7. The van der Waals surface area contributed by atoms with E-state index in [1.807, 2.05) is 67.3 Å². The third-order valence-electron chi connectivity index (χ3n) is 12.4. The summed E-state index contributed by atoms with van der Waals surface area (Å²) in [5, 5.41) is 17.0. The van der Waals surface area contributed by atoms with Crippen molar-refractivity contribution in [3.05, 3.63) is 100 Å². The number of carbonyl (C=O) groups is 3. The van der Waals surface area contributed by atoms with Gasteiger partial charge >= 0.3 is 12.2 Å². The van der Waals surface area contributed by atoms with Gasteiger partial charge in [0.2, 0.25) is 15.5 Å². The Morgan fingerprint density at radius 2 is 1.55 bits per heavy atom. The maximum atomic E-state index is 15.8. The molecule has 14 nitrogen and oxygen atoms in total. The highest BCUT2D eigenvalue weighted by atomic mass is 35.6. The van der Waals surface area contributed by atoms with Crippen molar-refractivity contribution in [1.82, 2.24) is 20.1 Å². The Labute approximate surface area is 390 Å². The maximum absolute atomic E-state index is 15.8. The lowest BCUT2D eigenvalue weighted by molar-refractivity contribution is -0.493. The summed E-state index contributed by atoms with van der Waals surface area (Å²) in [6.45, 7) is 6.49. The van der Waals surface area contributed by atoms with Crippen LogP contribution in [-0.2, 0) is 36.8 Å². The summed E-state index contributed by atoms with van der Waals surface area (Å²) < 4.78 is 62.2. The van der Waals surface area contributed by atoms with Crippen LogP contribution in [0.2, 0.25) is 0 Å². The lowest BCUT2D eigenvalue weighted by Gasteiger charge is -2.59. The van der Waals surface area contributed by atoms with Crippen LogP contribution in [-0.4, -0.2) is 122 Å². The Kier molecular flexibility index (Phi) is 16.5. The molecule has 6 rings (SSSR count). The number of halogens is 6. The van der Waals surface area contributed by atoms with E-state index in [0.29, 0.717) is 25.5 Å². The minimum atomic E-state index is -2.02. The van der Waals surface area contributed by atoms with Crippen LogP contribution in [0.3, 0.4) is 0 Å². The number of hydrogen-bond donors (Lipinski definition) is 2. The van der Waals surface area contributed by atoms with Crippen molar-refractivity contribution in [3.63, 3.8) is 0 Å². The van der Waals surface area contributed by atoms with Gasteiger partial charge in [-0.05, 0) is 94.2 Å². The Morgan fingerprint density at radius 1 is 0.877 bits per heavy atom. The third-order valence-corrected chi connectivity index (χ3v) is 13.8.